The van der Waals surface area contributed by atoms with Crippen LogP contribution in [0, 0.1) is 0 Å². The molecule has 1 amide bonds. The molecule has 3 aromatic carbocycles. The Morgan fingerprint density at radius 2 is 1.77 bits per heavy atom. The summed E-state index contributed by atoms with van der Waals surface area (Å²) in [6.45, 7) is 2.09. The lowest BCUT2D eigenvalue weighted by molar-refractivity contribution is 0.102. The lowest BCUT2D eigenvalue weighted by Gasteiger charge is -2.05. The minimum absolute atomic E-state index is 0.140. The Morgan fingerprint density at radius 1 is 1.00 bits per heavy atom. The summed E-state index contributed by atoms with van der Waals surface area (Å²) in [4.78, 5) is 16.9. The van der Waals surface area contributed by atoms with E-state index in [2.05, 4.69) is 17.2 Å². The number of hydrogen-bond acceptors (Lipinski definition) is 3. The van der Waals surface area contributed by atoms with E-state index in [1.807, 2.05) is 72.8 Å². The van der Waals surface area contributed by atoms with Crippen LogP contribution in [0.25, 0.3) is 22.6 Å². The van der Waals surface area contributed by atoms with Gasteiger partial charge in [-0.25, -0.2) is 4.98 Å². The van der Waals surface area contributed by atoms with Crippen molar-refractivity contribution in [2.24, 2.45) is 0 Å². The van der Waals surface area contributed by atoms with E-state index in [1.165, 1.54) is 5.56 Å². The molecule has 1 aromatic heterocycles. The van der Waals surface area contributed by atoms with Gasteiger partial charge in [-0.05, 0) is 54.4 Å². The third kappa shape index (κ3) is 3.22. The molecular weight excluding hydrogens is 324 g/mol. The van der Waals surface area contributed by atoms with E-state index in [4.69, 9.17) is 4.42 Å². The minimum atomic E-state index is -0.140. The number of rotatable bonds is 4. The van der Waals surface area contributed by atoms with Crippen molar-refractivity contribution < 1.29 is 9.21 Å². The summed E-state index contributed by atoms with van der Waals surface area (Å²) in [7, 11) is 0. The number of aromatic nitrogens is 1. The Labute approximate surface area is 151 Å². The number of anilines is 1. The van der Waals surface area contributed by atoms with Crippen molar-refractivity contribution in [1.82, 2.24) is 4.98 Å². The fourth-order valence-corrected chi connectivity index (χ4v) is 2.80. The van der Waals surface area contributed by atoms with Crippen molar-refractivity contribution in [2.45, 2.75) is 13.3 Å². The van der Waals surface area contributed by atoms with Gasteiger partial charge < -0.3 is 9.73 Å². The van der Waals surface area contributed by atoms with Gasteiger partial charge in [-0.3, -0.25) is 4.79 Å². The van der Waals surface area contributed by atoms with Crippen LogP contribution >= 0.6 is 0 Å². The summed E-state index contributed by atoms with van der Waals surface area (Å²) in [6, 6.07) is 22.8. The van der Waals surface area contributed by atoms with E-state index in [1.54, 1.807) is 0 Å². The molecule has 4 rings (SSSR count). The van der Waals surface area contributed by atoms with Gasteiger partial charge in [0, 0.05) is 16.8 Å². The molecule has 0 aliphatic rings. The Balaban J connectivity index is 1.58. The number of fused-ring (bicyclic) bond motifs is 1. The van der Waals surface area contributed by atoms with Crippen molar-refractivity contribution in [2.75, 3.05) is 5.32 Å². The molecule has 4 nitrogen and oxygen atoms in total. The third-order valence-electron chi connectivity index (χ3n) is 4.29. The van der Waals surface area contributed by atoms with E-state index in [0.717, 1.165) is 12.0 Å². The largest absolute Gasteiger partial charge is 0.436 e. The van der Waals surface area contributed by atoms with Gasteiger partial charge in [0.1, 0.15) is 5.52 Å². The third-order valence-corrected chi connectivity index (χ3v) is 4.29. The molecule has 128 valence electrons. The number of amides is 1. The maximum Gasteiger partial charge on any atom is 0.255 e. The van der Waals surface area contributed by atoms with Crippen LogP contribution < -0.4 is 5.32 Å². The smallest absolute Gasteiger partial charge is 0.255 e. The molecule has 1 N–H and O–H groups in total. The topological polar surface area (TPSA) is 55.1 Å². The van der Waals surface area contributed by atoms with Crippen molar-refractivity contribution in [3.05, 3.63) is 83.9 Å². The Morgan fingerprint density at radius 3 is 2.50 bits per heavy atom. The maximum atomic E-state index is 12.4. The van der Waals surface area contributed by atoms with Gasteiger partial charge in [-0.15, -0.1) is 0 Å². The molecule has 1 heterocycles. The summed E-state index contributed by atoms with van der Waals surface area (Å²) in [6.07, 6.45) is 0.953. The first kappa shape index (κ1) is 16.1. The molecule has 0 unspecified atom stereocenters. The molecule has 0 aliphatic heterocycles. The zero-order chi connectivity index (χ0) is 17.9. The number of oxazole rings is 1. The second-order valence-corrected chi connectivity index (χ2v) is 6.07. The summed E-state index contributed by atoms with van der Waals surface area (Å²) in [5.41, 5.74) is 4.85. The van der Waals surface area contributed by atoms with E-state index >= 15 is 0 Å². The highest BCUT2D eigenvalue weighted by Gasteiger charge is 2.10. The molecule has 0 atom stereocenters. The molecule has 0 bridgehead atoms. The molecular formula is C22H18N2O2. The SMILES string of the molecule is CCc1ccc(C(=O)Nc2ccc3oc(-c4ccccc4)nc3c2)cc1. The average molecular weight is 342 g/mol. The second-order valence-electron chi connectivity index (χ2n) is 6.07. The fraction of sp³-hybridized carbons (Fsp3) is 0.0909. The number of carbonyl (C=O) groups is 1. The number of carbonyl (C=O) groups excluding carboxylic acids is 1. The van der Waals surface area contributed by atoms with Crippen molar-refractivity contribution in [1.29, 1.82) is 0 Å². The van der Waals surface area contributed by atoms with Gasteiger partial charge in [0.05, 0.1) is 0 Å². The van der Waals surface area contributed by atoms with E-state index < -0.39 is 0 Å². The van der Waals surface area contributed by atoms with Gasteiger partial charge in [0.2, 0.25) is 5.89 Å². The van der Waals surface area contributed by atoms with Crippen LogP contribution in [0.4, 0.5) is 5.69 Å². The van der Waals surface area contributed by atoms with Crippen molar-refractivity contribution in [3.8, 4) is 11.5 Å². The molecule has 4 aromatic rings. The first-order valence-corrected chi connectivity index (χ1v) is 8.59. The number of hydrogen-bond donors (Lipinski definition) is 1. The first-order chi connectivity index (χ1) is 12.7. The molecule has 26 heavy (non-hydrogen) atoms. The lowest BCUT2D eigenvalue weighted by Crippen LogP contribution is -2.11. The molecule has 4 heteroatoms. The van der Waals surface area contributed by atoms with Gasteiger partial charge >= 0.3 is 0 Å². The zero-order valence-electron chi connectivity index (χ0n) is 14.4. The highest BCUT2D eigenvalue weighted by molar-refractivity contribution is 6.05. The van der Waals surface area contributed by atoms with Crippen LogP contribution in [-0.4, -0.2) is 10.9 Å². The predicted octanol–water partition coefficient (Wildman–Crippen LogP) is 5.31. The molecule has 0 radical (unpaired) electrons. The normalized spacial score (nSPS) is 10.8. The van der Waals surface area contributed by atoms with Crippen LogP contribution in [-0.2, 0) is 6.42 Å². The molecule has 0 spiro atoms. The molecule has 0 saturated carbocycles. The standard InChI is InChI=1S/C22H18N2O2/c1-2-15-8-10-16(11-9-15)21(25)23-18-12-13-20-19(14-18)24-22(26-20)17-6-4-3-5-7-17/h3-14H,2H2,1H3,(H,23,25). The van der Waals surface area contributed by atoms with Gasteiger partial charge in [0.15, 0.2) is 5.58 Å². The van der Waals surface area contributed by atoms with Gasteiger partial charge in [-0.1, -0.05) is 37.3 Å². The van der Waals surface area contributed by atoms with Crippen LogP contribution in [0.1, 0.15) is 22.8 Å². The van der Waals surface area contributed by atoms with Crippen LogP contribution in [0.15, 0.2) is 77.2 Å². The van der Waals surface area contributed by atoms with Crippen LogP contribution in [0.5, 0.6) is 0 Å². The Kier molecular flexibility index (Phi) is 4.23. The van der Waals surface area contributed by atoms with E-state index in [-0.39, 0.29) is 5.91 Å². The Bertz CT molecular complexity index is 1050. The second kappa shape index (κ2) is 6.84. The fourth-order valence-electron chi connectivity index (χ4n) is 2.80. The highest BCUT2D eigenvalue weighted by Crippen LogP contribution is 2.26. The molecule has 0 fully saturated rings. The summed E-state index contributed by atoms with van der Waals surface area (Å²) in [5.74, 6) is 0.429. The summed E-state index contributed by atoms with van der Waals surface area (Å²) < 4.78 is 5.80. The number of nitrogens with one attached hydrogen (secondary N) is 1. The van der Waals surface area contributed by atoms with E-state index in [0.29, 0.717) is 28.2 Å². The number of aryl methyl sites for hydroxylation is 1. The van der Waals surface area contributed by atoms with Gasteiger partial charge in [0.25, 0.3) is 5.91 Å². The summed E-state index contributed by atoms with van der Waals surface area (Å²) in [5, 5.41) is 2.92. The predicted molar refractivity (Wildman–Crippen MR) is 103 cm³/mol. The van der Waals surface area contributed by atoms with E-state index in [9.17, 15) is 4.79 Å². The highest BCUT2D eigenvalue weighted by atomic mass is 16.3. The maximum absolute atomic E-state index is 12.4. The van der Waals surface area contributed by atoms with Crippen LogP contribution in [0.3, 0.4) is 0 Å². The average Bonchev–Trinajstić information content (AvgIpc) is 3.12. The quantitative estimate of drug-likeness (QED) is 0.547. The minimum Gasteiger partial charge on any atom is -0.436 e. The van der Waals surface area contributed by atoms with Gasteiger partial charge in [-0.2, -0.15) is 0 Å². The lowest BCUT2D eigenvalue weighted by atomic mass is 10.1. The van der Waals surface area contributed by atoms with Crippen molar-refractivity contribution >= 4 is 22.7 Å². The van der Waals surface area contributed by atoms with Crippen LogP contribution in [0.2, 0.25) is 0 Å². The number of nitrogens with zero attached hydrogens (tertiary/aromatic N) is 1. The number of benzene rings is 3. The first-order valence-electron chi connectivity index (χ1n) is 8.59. The van der Waals surface area contributed by atoms with Crippen molar-refractivity contribution in [3.63, 3.8) is 0 Å². The zero-order valence-corrected chi connectivity index (χ0v) is 14.4. The monoisotopic (exact) mass is 342 g/mol. The summed E-state index contributed by atoms with van der Waals surface area (Å²) >= 11 is 0. The molecule has 0 saturated heterocycles. The Hall–Kier alpha value is -3.40. The molecule has 0 aliphatic carbocycles.